The summed E-state index contributed by atoms with van der Waals surface area (Å²) < 4.78 is 0. The molecule has 0 saturated heterocycles. The fourth-order valence-corrected chi connectivity index (χ4v) is 2.52. The number of aromatic nitrogens is 1. The lowest BCUT2D eigenvalue weighted by Crippen LogP contribution is -2.15. The fourth-order valence-electron chi connectivity index (χ4n) is 2.18. The molecule has 0 radical (unpaired) electrons. The van der Waals surface area contributed by atoms with Crippen LogP contribution in [0.15, 0.2) is 48.8 Å². The van der Waals surface area contributed by atoms with Crippen LogP contribution in [0, 0.1) is 5.92 Å². The lowest BCUT2D eigenvalue weighted by molar-refractivity contribution is 0.646. The molecule has 20 heavy (non-hydrogen) atoms. The molecule has 0 spiro atoms. The van der Waals surface area contributed by atoms with Crippen LogP contribution in [0.3, 0.4) is 0 Å². The first kappa shape index (κ1) is 15.2. The minimum atomic E-state index is 0.258. The molecule has 2 atom stereocenters. The summed E-state index contributed by atoms with van der Waals surface area (Å²) >= 11 is 0. The SMILES string of the molecule is CC(C)Cc1ccc(CNC(P)c2ccncc2)cc1. The summed E-state index contributed by atoms with van der Waals surface area (Å²) in [5, 5.41) is 3.51. The van der Waals surface area contributed by atoms with E-state index < -0.39 is 0 Å². The Morgan fingerprint density at radius 2 is 1.60 bits per heavy atom. The Morgan fingerprint density at radius 1 is 1.00 bits per heavy atom. The van der Waals surface area contributed by atoms with Gasteiger partial charge < -0.3 is 5.32 Å². The van der Waals surface area contributed by atoms with E-state index in [9.17, 15) is 0 Å². The zero-order valence-corrected chi connectivity index (χ0v) is 13.4. The van der Waals surface area contributed by atoms with Gasteiger partial charge in [-0.15, -0.1) is 9.24 Å². The van der Waals surface area contributed by atoms with Gasteiger partial charge in [0.1, 0.15) is 0 Å². The van der Waals surface area contributed by atoms with E-state index in [4.69, 9.17) is 0 Å². The molecule has 3 heteroatoms. The lowest BCUT2D eigenvalue weighted by atomic mass is 10.0. The first-order chi connectivity index (χ1) is 9.65. The van der Waals surface area contributed by atoms with Crippen molar-refractivity contribution in [1.29, 1.82) is 0 Å². The van der Waals surface area contributed by atoms with Gasteiger partial charge >= 0.3 is 0 Å². The van der Waals surface area contributed by atoms with Crippen LogP contribution in [0.1, 0.15) is 36.3 Å². The van der Waals surface area contributed by atoms with Crippen LogP contribution < -0.4 is 5.32 Å². The Kier molecular flexibility index (Phi) is 5.70. The summed E-state index contributed by atoms with van der Waals surface area (Å²) in [5.74, 6) is 0.968. The summed E-state index contributed by atoms with van der Waals surface area (Å²) in [6.07, 6.45) is 4.81. The largest absolute Gasteiger partial charge is 0.303 e. The van der Waals surface area contributed by atoms with Gasteiger partial charge in [0.05, 0.1) is 0 Å². The molecule has 1 heterocycles. The topological polar surface area (TPSA) is 24.9 Å². The van der Waals surface area contributed by atoms with E-state index in [1.165, 1.54) is 16.7 Å². The third kappa shape index (κ3) is 4.70. The smallest absolute Gasteiger partial charge is 0.0467 e. The Bertz CT molecular complexity index is 508. The predicted molar refractivity (Wildman–Crippen MR) is 88.5 cm³/mol. The van der Waals surface area contributed by atoms with Crippen LogP contribution in [-0.4, -0.2) is 4.98 Å². The van der Waals surface area contributed by atoms with Crippen molar-refractivity contribution < 1.29 is 0 Å². The van der Waals surface area contributed by atoms with E-state index in [2.05, 4.69) is 57.7 Å². The highest BCUT2D eigenvalue weighted by atomic mass is 31.0. The van der Waals surface area contributed by atoms with Crippen molar-refractivity contribution in [2.75, 3.05) is 0 Å². The third-order valence-electron chi connectivity index (χ3n) is 3.26. The summed E-state index contributed by atoms with van der Waals surface area (Å²) in [5.41, 5.74) is 3.97. The third-order valence-corrected chi connectivity index (χ3v) is 3.88. The summed E-state index contributed by atoms with van der Waals surface area (Å²) in [7, 11) is 2.84. The van der Waals surface area contributed by atoms with Crippen LogP contribution in [0.2, 0.25) is 0 Å². The molecule has 2 unspecified atom stereocenters. The molecule has 0 aliphatic heterocycles. The van der Waals surface area contributed by atoms with Crippen LogP contribution in [0.25, 0.3) is 0 Å². The summed E-state index contributed by atoms with van der Waals surface area (Å²) in [6.45, 7) is 5.38. The lowest BCUT2D eigenvalue weighted by Gasteiger charge is -2.14. The first-order valence-electron chi connectivity index (χ1n) is 7.12. The molecule has 1 aromatic heterocycles. The Hall–Kier alpha value is -1.24. The van der Waals surface area contributed by atoms with Gasteiger partial charge in [0.15, 0.2) is 0 Å². The second-order valence-corrected chi connectivity index (χ2v) is 6.22. The van der Waals surface area contributed by atoms with E-state index in [0.29, 0.717) is 5.92 Å². The van der Waals surface area contributed by atoms with Crippen LogP contribution >= 0.6 is 9.24 Å². The predicted octanol–water partition coefficient (Wildman–Crippen LogP) is 3.94. The van der Waals surface area contributed by atoms with Gasteiger partial charge in [-0.25, -0.2) is 0 Å². The molecule has 2 rings (SSSR count). The number of pyridine rings is 1. The van der Waals surface area contributed by atoms with Crippen molar-refractivity contribution in [3.63, 3.8) is 0 Å². The number of hydrogen-bond donors (Lipinski definition) is 1. The standard InChI is InChI=1S/C17H23N2P/c1-13(2)11-14-3-5-15(6-4-14)12-19-17(20)16-7-9-18-10-8-16/h3-10,13,17,19H,11-12,20H2,1-2H3. The van der Waals surface area contributed by atoms with Crippen molar-refractivity contribution in [2.45, 2.75) is 32.6 Å². The number of benzene rings is 1. The van der Waals surface area contributed by atoms with Gasteiger partial charge in [0.2, 0.25) is 0 Å². The number of nitrogens with one attached hydrogen (secondary N) is 1. The maximum absolute atomic E-state index is 4.04. The maximum Gasteiger partial charge on any atom is 0.0467 e. The van der Waals surface area contributed by atoms with E-state index in [0.717, 1.165) is 13.0 Å². The molecule has 0 aliphatic carbocycles. The van der Waals surface area contributed by atoms with E-state index in [1.54, 1.807) is 0 Å². The zero-order valence-electron chi connectivity index (χ0n) is 12.2. The molecule has 1 aromatic carbocycles. The average Bonchev–Trinajstić information content (AvgIpc) is 2.46. The molecule has 2 aromatic rings. The normalized spacial score (nSPS) is 12.6. The second kappa shape index (κ2) is 7.52. The molecule has 1 N–H and O–H groups in total. The molecule has 106 valence electrons. The van der Waals surface area contributed by atoms with Gasteiger partial charge in [0.25, 0.3) is 0 Å². The van der Waals surface area contributed by atoms with Crippen molar-refractivity contribution in [3.05, 3.63) is 65.5 Å². The van der Waals surface area contributed by atoms with E-state index in [1.807, 2.05) is 24.5 Å². The molecule has 0 saturated carbocycles. The minimum absolute atomic E-state index is 0.258. The molecule has 0 fully saturated rings. The monoisotopic (exact) mass is 286 g/mol. The Balaban J connectivity index is 1.88. The highest BCUT2D eigenvalue weighted by Gasteiger charge is 2.04. The van der Waals surface area contributed by atoms with Gasteiger partial charge in [-0.1, -0.05) is 38.1 Å². The van der Waals surface area contributed by atoms with Crippen molar-refractivity contribution >= 4 is 9.24 Å². The van der Waals surface area contributed by atoms with Gasteiger partial charge in [-0.2, -0.15) is 0 Å². The Morgan fingerprint density at radius 3 is 2.20 bits per heavy atom. The van der Waals surface area contributed by atoms with Crippen LogP contribution in [0.4, 0.5) is 0 Å². The number of hydrogen-bond acceptors (Lipinski definition) is 2. The molecule has 0 bridgehead atoms. The average molecular weight is 286 g/mol. The van der Waals surface area contributed by atoms with Crippen LogP contribution in [0.5, 0.6) is 0 Å². The molecular formula is C17H23N2P. The zero-order chi connectivity index (χ0) is 14.4. The maximum atomic E-state index is 4.04. The molecular weight excluding hydrogens is 263 g/mol. The van der Waals surface area contributed by atoms with E-state index in [-0.39, 0.29) is 5.78 Å². The van der Waals surface area contributed by atoms with Gasteiger partial charge in [-0.05, 0) is 41.2 Å². The van der Waals surface area contributed by atoms with Gasteiger partial charge in [-0.3, -0.25) is 4.98 Å². The summed E-state index contributed by atoms with van der Waals surface area (Å²) in [6, 6.07) is 13.0. The fraction of sp³-hybridized carbons (Fsp3) is 0.353. The van der Waals surface area contributed by atoms with Gasteiger partial charge in [0, 0.05) is 24.7 Å². The Labute approximate surface area is 124 Å². The highest BCUT2D eigenvalue weighted by molar-refractivity contribution is 7.17. The first-order valence-corrected chi connectivity index (χ1v) is 7.78. The van der Waals surface area contributed by atoms with Crippen molar-refractivity contribution in [1.82, 2.24) is 10.3 Å². The van der Waals surface area contributed by atoms with Crippen molar-refractivity contribution in [2.24, 2.45) is 5.92 Å². The summed E-state index contributed by atoms with van der Waals surface area (Å²) in [4.78, 5) is 4.04. The second-order valence-electron chi connectivity index (χ2n) is 5.55. The molecule has 0 amide bonds. The van der Waals surface area contributed by atoms with E-state index >= 15 is 0 Å². The van der Waals surface area contributed by atoms with Crippen LogP contribution in [-0.2, 0) is 13.0 Å². The molecule has 2 nitrogen and oxygen atoms in total. The van der Waals surface area contributed by atoms with Crippen molar-refractivity contribution in [3.8, 4) is 0 Å². The quantitative estimate of drug-likeness (QED) is 0.813. The number of rotatable bonds is 6. The number of nitrogens with zero attached hydrogens (tertiary/aromatic N) is 1. The molecule has 0 aliphatic rings. The highest BCUT2D eigenvalue weighted by Crippen LogP contribution is 2.19. The minimum Gasteiger partial charge on any atom is -0.303 e.